The first-order valence-electron chi connectivity index (χ1n) is 10.1. The molecule has 3 amide bonds. The zero-order chi connectivity index (χ0) is 19.9. The van der Waals surface area contributed by atoms with Gasteiger partial charge in [0, 0.05) is 43.9 Å². The van der Waals surface area contributed by atoms with Crippen molar-refractivity contribution < 1.29 is 19.1 Å². The lowest BCUT2D eigenvalue weighted by Crippen LogP contribution is -2.41. The molecule has 2 aliphatic rings. The Labute approximate surface area is 165 Å². The Bertz CT molecular complexity index is 682. The van der Waals surface area contributed by atoms with Crippen molar-refractivity contribution in [3.8, 4) is 0 Å². The zero-order valence-electron chi connectivity index (χ0n) is 16.8. The number of carbonyl (C=O) groups is 2. The van der Waals surface area contributed by atoms with Gasteiger partial charge in [0.25, 0.3) is 5.91 Å². The van der Waals surface area contributed by atoms with Crippen LogP contribution in [-0.4, -0.2) is 72.6 Å². The highest BCUT2D eigenvalue weighted by Gasteiger charge is 2.29. The summed E-state index contributed by atoms with van der Waals surface area (Å²) in [5, 5.41) is 10.3. The largest absolute Gasteiger partial charge is 0.378 e. The van der Waals surface area contributed by atoms with Crippen molar-refractivity contribution in [2.75, 3.05) is 46.0 Å². The molecule has 0 aliphatic carbocycles. The van der Waals surface area contributed by atoms with Crippen LogP contribution in [0.2, 0.25) is 0 Å². The van der Waals surface area contributed by atoms with Gasteiger partial charge in [-0.2, -0.15) is 5.10 Å². The van der Waals surface area contributed by atoms with Gasteiger partial charge in [-0.05, 0) is 12.3 Å². The molecular weight excluding hydrogens is 362 g/mol. The van der Waals surface area contributed by atoms with Crippen LogP contribution in [0.3, 0.4) is 0 Å². The second-order valence-electron chi connectivity index (χ2n) is 7.57. The van der Waals surface area contributed by atoms with Crippen molar-refractivity contribution >= 4 is 11.9 Å². The molecule has 0 saturated carbocycles. The number of rotatable bonds is 7. The third kappa shape index (κ3) is 5.23. The molecule has 0 atom stereocenters. The minimum absolute atomic E-state index is 0.0665. The number of hydrogen-bond donors (Lipinski definition) is 2. The fraction of sp³-hybridized carbons (Fsp3) is 0.737. The Morgan fingerprint density at radius 1 is 1.11 bits per heavy atom. The molecule has 156 valence electrons. The second-order valence-corrected chi connectivity index (χ2v) is 7.57. The number of fused-ring (bicyclic) bond motifs is 1. The summed E-state index contributed by atoms with van der Waals surface area (Å²) in [5.74, 6) is 0.490. The first-order valence-corrected chi connectivity index (χ1v) is 10.1. The van der Waals surface area contributed by atoms with E-state index in [-0.39, 0.29) is 11.9 Å². The molecular formula is C19H31N5O4. The molecule has 2 N–H and O–H groups in total. The van der Waals surface area contributed by atoms with Crippen LogP contribution in [0.5, 0.6) is 0 Å². The van der Waals surface area contributed by atoms with Gasteiger partial charge >= 0.3 is 6.03 Å². The molecule has 1 fully saturated rings. The van der Waals surface area contributed by atoms with E-state index < -0.39 is 0 Å². The molecule has 0 bridgehead atoms. The number of nitrogens with one attached hydrogen (secondary N) is 2. The Morgan fingerprint density at radius 3 is 2.61 bits per heavy atom. The average molecular weight is 393 g/mol. The molecule has 3 rings (SSSR count). The van der Waals surface area contributed by atoms with E-state index in [0.717, 1.165) is 24.1 Å². The normalized spacial score (nSPS) is 16.8. The molecule has 0 aromatic carbocycles. The van der Waals surface area contributed by atoms with E-state index in [2.05, 4.69) is 29.6 Å². The fourth-order valence-electron chi connectivity index (χ4n) is 3.39. The van der Waals surface area contributed by atoms with Crippen molar-refractivity contribution in [2.45, 2.75) is 39.8 Å². The van der Waals surface area contributed by atoms with Crippen LogP contribution in [0.25, 0.3) is 0 Å². The summed E-state index contributed by atoms with van der Waals surface area (Å²) in [7, 11) is 0. The summed E-state index contributed by atoms with van der Waals surface area (Å²) in [6.45, 7) is 9.19. The lowest BCUT2D eigenvalue weighted by molar-refractivity contribution is 0.0294. The summed E-state index contributed by atoms with van der Waals surface area (Å²) in [4.78, 5) is 26.6. The smallest absolute Gasteiger partial charge is 0.314 e. The minimum Gasteiger partial charge on any atom is -0.378 e. The molecule has 0 spiro atoms. The molecule has 2 aliphatic heterocycles. The predicted molar refractivity (Wildman–Crippen MR) is 103 cm³/mol. The second kappa shape index (κ2) is 9.88. The third-order valence-electron chi connectivity index (χ3n) is 5.01. The van der Waals surface area contributed by atoms with Gasteiger partial charge in [0.05, 0.1) is 33.0 Å². The molecule has 1 aromatic rings. The van der Waals surface area contributed by atoms with E-state index in [4.69, 9.17) is 9.47 Å². The van der Waals surface area contributed by atoms with Gasteiger partial charge in [-0.1, -0.05) is 13.8 Å². The van der Waals surface area contributed by atoms with Crippen molar-refractivity contribution in [3.63, 3.8) is 0 Å². The van der Waals surface area contributed by atoms with Crippen molar-refractivity contribution in [2.24, 2.45) is 5.92 Å². The van der Waals surface area contributed by atoms with E-state index in [1.165, 1.54) is 0 Å². The highest BCUT2D eigenvalue weighted by Crippen LogP contribution is 2.22. The molecule has 0 radical (unpaired) electrons. The van der Waals surface area contributed by atoms with Crippen LogP contribution in [0.4, 0.5) is 4.79 Å². The number of aromatic nitrogens is 2. The monoisotopic (exact) mass is 393 g/mol. The molecule has 1 aromatic heterocycles. The zero-order valence-corrected chi connectivity index (χ0v) is 16.8. The molecule has 9 nitrogen and oxygen atoms in total. The van der Waals surface area contributed by atoms with Crippen LogP contribution < -0.4 is 10.6 Å². The molecule has 1 saturated heterocycles. The van der Waals surface area contributed by atoms with E-state index in [1.807, 2.05) is 4.68 Å². The number of ether oxygens (including phenoxy) is 2. The predicted octanol–water partition coefficient (Wildman–Crippen LogP) is 0.774. The van der Waals surface area contributed by atoms with Gasteiger partial charge in [0.2, 0.25) is 0 Å². The number of hydrogen-bond acceptors (Lipinski definition) is 5. The van der Waals surface area contributed by atoms with E-state index in [1.54, 1.807) is 4.90 Å². The topological polar surface area (TPSA) is 97.7 Å². The summed E-state index contributed by atoms with van der Waals surface area (Å²) in [6, 6.07) is -0.172. The minimum atomic E-state index is -0.172. The molecule has 28 heavy (non-hydrogen) atoms. The standard InChI is InChI=1S/C19H31N5O4/c1-14(2)3-5-20-19(26)21-6-7-24-16-4-10-28-13-15(16)17(22-24)18(25)23-8-11-27-12-9-23/h14H,3-13H2,1-2H3,(H2,20,21,26). The molecule has 3 heterocycles. The summed E-state index contributed by atoms with van der Waals surface area (Å²) < 4.78 is 12.7. The highest BCUT2D eigenvalue weighted by atomic mass is 16.5. The van der Waals surface area contributed by atoms with Crippen molar-refractivity contribution in [1.29, 1.82) is 0 Å². The fourth-order valence-corrected chi connectivity index (χ4v) is 3.39. The van der Waals surface area contributed by atoms with Gasteiger partial charge in [0.1, 0.15) is 0 Å². The maximum absolute atomic E-state index is 12.9. The quantitative estimate of drug-likeness (QED) is 0.713. The SMILES string of the molecule is CC(C)CCNC(=O)NCCn1nc(C(=O)N2CCOCC2)c2c1CCOC2. The van der Waals surface area contributed by atoms with Gasteiger partial charge in [0.15, 0.2) is 5.69 Å². The van der Waals surface area contributed by atoms with Crippen molar-refractivity contribution in [3.05, 3.63) is 17.0 Å². The van der Waals surface area contributed by atoms with E-state index in [0.29, 0.717) is 70.8 Å². The Hall–Kier alpha value is -2.13. The van der Waals surface area contributed by atoms with Gasteiger partial charge in [-0.25, -0.2) is 4.79 Å². The van der Waals surface area contributed by atoms with Gasteiger partial charge < -0.3 is 25.0 Å². The highest BCUT2D eigenvalue weighted by molar-refractivity contribution is 5.94. The number of urea groups is 1. The lowest BCUT2D eigenvalue weighted by Gasteiger charge is -2.26. The number of amides is 3. The third-order valence-corrected chi connectivity index (χ3v) is 5.01. The van der Waals surface area contributed by atoms with E-state index in [9.17, 15) is 9.59 Å². The summed E-state index contributed by atoms with van der Waals surface area (Å²) in [5.41, 5.74) is 2.38. The Balaban J connectivity index is 1.59. The Morgan fingerprint density at radius 2 is 1.86 bits per heavy atom. The number of carbonyl (C=O) groups excluding carboxylic acids is 2. The summed E-state index contributed by atoms with van der Waals surface area (Å²) in [6.07, 6.45) is 1.67. The van der Waals surface area contributed by atoms with Crippen LogP contribution in [0.1, 0.15) is 42.0 Å². The van der Waals surface area contributed by atoms with Crippen LogP contribution in [0, 0.1) is 5.92 Å². The van der Waals surface area contributed by atoms with Crippen LogP contribution in [-0.2, 0) is 29.0 Å². The number of morpholine rings is 1. The first-order chi connectivity index (χ1) is 13.6. The van der Waals surface area contributed by atoms with Crippen LogP contribution in [0.15, 0.2) is 0 Å². The summed E-state index contributed by atoms with van der Waals surface area (Å²) >= 11 is 0. The maximum Gasteiger partial charge on any atom is 0.314 e. The van der Waals surface area contributed by atoms with Gasteiger partial charge in [-0.3, -0.25) is 9.48 Å². The molecule has 9 heteroatoms. The maximum atomic E-state index is 12.9. The van der Waals surface area contributed by atoms with E-state index >= 15 is 0 Å². The average Bonchev–Trinajstić information content (AvgIpc) is 3.07. The number of nitrogens with zero attached hydrogens (tertiary/aromatic N) is 3. The first kappa shape index (κ1) is 20.6. The van der Waals surface area contributed by atoms with Gasteiger partial charge in [-0.15, -0.1) is 0 Å². The van der Waals surface area contributed by atoms with Crippen LogP contribution >= 0.6 is 0 Å². The Kier molecular flexibility index (Phi) is 7.27. The van der Waals surface area contributed by atoms with Crippen molar-refractivity contribution in [1.82, 2.24) is 25.3 Å². The lowest BCUT2D eigenvalue weighted by atomic mass is 10.1. The molecule has 0 unspecified atom stereocenters.